The summed E-state index contributed by atoms with van der Waals surface area (Å²) in [4.78, 5) is 0. The number of fused-ring (bicyclic) bond motifs is 2. The van der Waals surface area contributed by atoms with Gasteiger partial charge in [0.2, 0.25) is 0 Å². The smallest absolute Gasteiger partial charge is 0.00133 e. The molecule has 0 fully saturated rings. The Bertz CT molecular complexity index is 2190. The Labute approximate surface area is 268 Å². The molecule has 45 heavy (non-hydrogen) atoms. The van der Waals surface area contributed by atoms with E-state index in [2.05, 4.69) is 175 Å². The number of aryl methyl sites for hydroxylation is 2. The van der Waals surface area contributed by atoms with Crippen molar-refractivity contribution in [2.24, 2.45) is 5.92 Å². The van der Waals surface area contributed by atoms with Gasteiger partial charge in [0.1, 0.15) is 0 Å². The fourth-order valence-electron chi connectivity index (χ4n) is 6.47. The van der Waals surface area contributed by atoms with Crippen LogP contribution in [0.15, 0.2) is 121 Å². The molecule has 0 heteroatoms. The maximum atomic E-state index is 4.37. The van der Waals surface area contributed by atoms with Crippen molar-refractivity contribution in [1.82, 2.24) is 0 Å². The second-order valence-electron chi connectivity index (χ2n) is 12.6. The molecular formula is C45H42. The minimum atomic E-state index is 0.477. The van der Waals surface area contributed by atoms with Crippen LogP contribution in [0.4, 0.5) is 0 Å². The van der Waals surface area contributed by atoms with Crippen molar-refractivity contribution in [2.75, 3.05) is 0 Å². The molecule has 0 bridgehead atoms. The summed E-state index contributed by atoms with van der Waals surface area (Å²) >= 11 is 0. The molecule has 0 N–H and O–H groups in total. The van der Waals surface area contributed by atoms with Crippen LogP contribution in [0.1, 0.15) is 54.2 Å². The lowest BCUT2D eigenvalue weighted by Gasteiger charge is -2.22. The molecule has 0 aromatic heterocycles. The lowest BCUT2D eigenvalue weighted by atomic mass is 9.82. The molecule has 6 aromatic carbocycles. The van der Waals surface area contributed by atoms with E-state index in [-0.39, 0.29) is 0 Å². The Kier molecular flexibility index (Phi) is 8.67. The molecule has 6 aromatic rings. The fourth-order valence-corrected chi connectivity index (χ4v) is 6.47. The van der Waals surface area contributed by atoms with Crippen LogP contribution in [0.25, 0.3) is 57.0 Å². The summed E-state index contributed by atoms with van der Waals surface area (Å²) in [6.45, 7) is 15.6. The van der Waals surface area contributed by atoms with Gasteiger partial charge >= 0.3 is 0 Å². The normalized spacial score (nSPS) is 12.7. The summed E-state index contributed by atoms with van der Waals surface area (Å²) in [7, 11) is 0. The van der Waals surface area contributed by atoms with Crippen LogP contribution < -0.4 is 10.4 Å². The van der Waals surface area contributed by atoms with Crippen LogP contribution in [-0.2, 0) is 6.42 Å². The van der Waals surface area contributed by atoms with E-state index in [4.69, 9.17) is 0 Å². The van der Waals surface area contributed by atoms with Gasteiger partial charge in [0.15, 0.2) is 0 Å². The van der Waals surface area contributed by atoms with Crippen molar-refractivity contribution in [2.45, 2.75) is 41.0 Å². The molecule has 0 unspecified atom stereocenters. The third-order valence-corrected chi connectivity index (χ3v) is 9.07. The van der Waals surface area contributed by atoms with Crippen molar-refractivity contribution < 1.29 is 0 Å². The average molecular weight is 583 g/mol. The summed E-state index contributed by atoms with van der Waals surface area (Å²) in [5, 5.41) is 7.31. The standard InChI is InChI=1S/C45H42/c1-30(2)19-28-42-34(6)41-17-11-12-18-43(41)45(39-15-9-7-13-32(39)4)44(42)29-35-21-24-36(25-22-35)31(3)20-23-37-26-27-38-14-8-10-16-40(38)33(37)5/h7-28,30H,5,29H2,1-4,6H3/b28-19-,31-20+,37-23-. The van der Waals surface area contributed by atoms with E-state index in [1.165, 1.54) is 71.6 Å². The van der Waals surface area contributed by atoms with Gasteiger partial charge < -0.3 is 0 Å². The summed E-state index contributed by atoms with van der Waals surface area (Å²) in [6, 6.07) is 39.7. The van der Waals surface area contributed by atoms with Crippen LogP contribution in [0.2, 0.25) is 0 Å². The molecule has 0 nitrogen and oxygen atoms in total. The van der Waals surface area contributed by atoms with Gasteiger partial charge in [-0.05, 0) is 115 Å². The van der Waals surface area contributed by atoms with Crippen molar-refractivity contribution in [3.8, 4) is 11.1 Å². The van der Waals surface area contributed by atoms with Gasteiger partial charge in [-0.25, -0.2) is 0 Å². The number of rotatable bonds is 7. The highest BCUT2D eigenvalue weighted by atomic mass is 14.2. The first kappa shape index (κ1) is 30.1. The molecule has 0 saturated heterocycles. The predicted octanol–water partition coefficient (Wildman–Crippen LogP) is 10.8. The molecule has 0 radical (unpaired) electrons. The molecule has 6 rings (SSSR count). The summed E-state index contributed by atoms with van der Waals surface area (Å²) in [6.07, 6.45) is 9.97. The number of allylic oxidation sites excluding steroid dienone is 3. The fraction of sp³-hybridized carbons (Fsp3) is 0.156. The summed E-state index contributed by atoms with van der Waals surface area (Å²) in [5.74, 6) is 0.477. The predicted molar refractivity (Wildman–Crippen MR) is 199 cm³/mol. The minimum absolute atomic E-state index is 0.477. The van der Waals surface area contributed by atoms with Gasteiger partial charge in [0.25, 0.3) is 0 Å². The molecule has 0 amide bonds. The van der Waals surface area contributed by atoms with Gasteiger partial charge in [0.05, 0.1) is 0 Å². The molecule has 0 saturated carbocycles. The van der Waals surface area contributed by atoms with Gasteiger partial charge in [0, 0.05) is 0 Å². The highest BCUT2D eigenvalue weighted by Gasteiger charge is 2.19. The number of benzene rings is 6. The third-order valence-electron chi connectivity index (χ3n) is 9.07. The van der Waals surface area contributed by atoms with E-state index >= 15 is 0 Å². The number of hydrogen-bond donors (Lipinski definition) is 0. The molecule has 0 heterocycles. The van der Waals surface area contributed by atoms with Crippen molar-refractivity contribution in [3.63, 3.8) is 0 Å². The molecule has 0 aliphatic rings. The van der Waals surface area contributed by atoms with Crippen LogP contribution in [0.5, 0.6) is 0 Å². The van der Waals surface area contributed by atoms with E-state index in [1.807, 2.05) is 0 Å². The monoisotopic (exact) mass is 582 g/mol. The quantitative estimate of drug-likeness (QED) is 0.176. The van der Waals surface area contributed by atoms with Crippen LogP contribution in [0.3, 0.4) is 0 Å². The maximum absolute atomic E-state index is 4.37. The minimum Gasteiger partial charge on any atom is -0.0905 e. The summed E-state index contributed by atoms with van der Waals surface area (Å²) < 4.78 is 0. The number of hydrogen-bond acceptors (Lipinski definition) is 0. The largest absolute Gasteiger partial charge is 0.0905 e. The molecule has 0 spiro atoms. The molecule has 0 aliphatic heterocycles. The molecule has 0 atom stereocenters. The third kappa shape index (κ3) is 6.19. The van der Waals surface area contributed by atoms with Crippen LogP contribution in [0, 0.1) is 19.8 Å². The second-order valence-corrected chi connectivity index (χ2v) is 12.6. The Morgan fingerprint density at radius 3 is 2.13 bits per heavy atom. The van der Waals surface area contributed by atoms with E-state index in [0.717, 1.165) is 16.9 Å². The van der Waals surface area contributed by atoms with Gasteiger partial charge in [-0.2, -0.15) is 0 Å². The van der Waals surface area contributed by atoms with Crippen molar-refractivity contribution in [1.29, 1.82) is 0 Å². The molecular weight excluding hydrogens is 540 g/mol. The highest BCUT2D eigenvalue weighted by Crippen LogP contribution is 2.40. The average Bonchev–Trinajstić information content (AvgIpc) is 3.05. The van der Waals surface area contributed by atoms with Crippen LogP contribution in [-0.4, -0.2) is 0 Å². The van der Waals surface area contributed by atoms with Crippen molar-refractivity contribution in [3.05, 3.63) is 165 Å². The van der Waals surface area contributed by atoms with Crippen LogP contribution >= 0.6 is 0 Å². The van der Waals surface area contributed by atoms with E-state index in [0.29, 0.717) is 5.92 Å². The van der Waals surface area contributed by atoms with Gasteiger partial charge in [-0.3, -0.25) is 0 Å². The summed E-state index contributed by atoms with van der Waals surface area (Å²) in [5.41, 5.74) is 11.8. The lowest BCUT2D eigenvalue weighted by molar-refractivity contribution is 0.836. The SMILES string of the molecule is C=c1/c(=C\C=C(/C)c2ccc(Cc3c(/C=C\C(C)C)c(C)c4ccccc4c3-c3ccccc3C)cc2)ccc2ccccc12. The van der Waals surface area contributed by atoms with E-state index in [9.17, 15) is 0 Å². The molecule has 222 valence electrons. The molecule has 0 aliphatic carbocycles. The van der Waals surface area contributed by atoms with Gasteiger partial charge in [-0.1, -0.05) is 154 Å². The topological polar surface area (TPSA) is 0 Å². The van der Waals surface area contributed by atoms with Crippen molar-refractivity contribution >= 4 is 45.8 Å². The zero-order chi connectivity index (χ0) is 31.5. The zero-order valence-corrected chi connectivity index (χ0v) is 27.2. The first-order valence-electron chi connectivity index (χ1n) is 16.0. The Morgan fingerprint density at radius 1 is 0.733 bits per heavy atom. The first-order chi connectivity index (χ1) is 21.8. The first-order valence-corrected chi connectivity index (χ1v) is 16.0. The highest BCUT2D eigenvalue weighted by molar-refractivity contribution is 6.03. The van der Waals surface area contributed by atoms with E-state index in [1.54, 1.807) is 0 Å². The maximum Gasteiger partial charge on any atom is -0.00133 e. The lowest BCUT2D eigenvalue weighted by Crippen LogP contribution is -2.23. The Balaban J connectivity index is 1.42. The van der Waals surface area contributed by atoms with Gasteiger partial charge in [-0.15, -0.1) is 0 Å². The zero-order valence-electron chi connectivity index (χ0n) is 27.2. The Morgan fingerprint density at radius 2 is 1.40 bits per heavy atom. The second kappa shape index (κ2) is 13.0. The Hall–Kier alpha value is -4.94. The van der Waals surface area contributed by atoms with E-state index < -0.39 is 0 Å².